The van der Waals surface area contributed by atoms with Crippen LogP contribution in [0.5, 0.6) is 0 Å². The summed E-state index contributed by atoms with van der Waals surface area (Å²) < 4.78 is 10.9. The maximum Gasteiger partial charge on any atom is 0.276 e. The standard InChI is InChI=1S/C18H24N2O3/c1-2-3-11-20(13-14-8-7-12-22-14)18(21)17-15-9-5-4-6-10-16(15)23-19-17/h7-8,12H,2-6,9-11,13H2,1H3. The van der Waals surface area contributed by atoms with Crippen LogP contribution in [-0.2, 0) is 19.4 Å². The number of carbonyl (C=O) groups excluding carboxylic acids is 1. The van der Waals surface area contributed by atoms with Crippen molar-refractivity contribution >= 4 is 5.91 Å². The van der Waals surface area contributed by atoms with Crippen molar-refractivity contribution in [2.45, 2.75) is 58.4 Å². The molecule has 0 fully saturated rings. The molecular weight excluding hydrogens is 292 g/mol. The molecule has 2 aromatic rings. The van der Waals surface area contributed by atoms with Gasteiger partial charge in [-0.25, -0.2) is 0 Å². The quantitative estimate of drug-likeness (QED) is 0.756. The Hall–Kier alpha value is -2.04. The molecule has 0 radical (unpaired) electrons. The summed E-state index contributed by atoms with van der Waals surface area (Å²) in [6.45, 7) is 3.31. The lowest BCUT2D eigenvalue weighted by Crippen LogP contribution is -2.32. The fraction of sp³-hybridized carbons (Fsp3) is 0.556. The van der Waals surface area contributed by atoms with E-state index in [-0.39, 0.29) is 5.91 Å². The Bertz CT molecular complexity index is 631. The van der Waals surface area contributed by atoms with Crippen LogP contribution in [0, 0.1) is 0 Å². The van der Waals surface area contributed by atoms with Gasteiger partial charge >= 0.3 is 0 Å². The average molecular weight is 316 g/mol. The molecule has 1 amide bonds. The van der Waals surface area contributed by atoms with Gasteiger partial charge in [-0.1, -0.05) is 24.9 Å². The highest BCUT2D eigenvalue weighted by molar-refractivity contribution is 5.93. The molecule has 1 aliphatic rings. The van der Waals surface area contributed by atoms with Crippen molar-refractivity contribution in [3.8, 4) is 0 Å². The van der Waals surface area contributed by atoms with Gasteiger partial charge in [0.1, 0.15) is 11.5 Å². The molecule has 5 nitrogen and oxygen atoms in total. The van der Waals surface area contributed by atoms with E-state index in [9.17, 15) is 4.79 Å². The number of carbonyl (C=O) groups is 1. The topological polar surface area (TPSA) is 59.5 Å². The van der Waals surface area contributed by atoms with Crippen LogP contribution in [0.2, 0.25) is 0 Å². The van der Waals surface area contributed by atoms with E-state index in [1.54, 1.807) is 6.26 Å². The molecular formula is C18H24N2O3. The summed E-state index contributed by atoms with van der Waals surface area (Å²) in [4.78, 5) is 14.8. The zero-order valence-electron chi connectivity index (χ0n) is 13.7. The number of furan rings is 1. The van der Waals surface area contributed by atoms with Crippen LogP contribution in [0.15, 0.2) is 27.3 Å². The van der Waals surface area contributed by atoms with E-state index < -0.39 is 0 Å². The van der Waals surface area contributed by atoms with Gasteiger partial charge < -0.3 is 13.8 Å². The van der Waals surface area contributed by atoms with Gasteiger partial charge in [-0.15, -0.1) is 0 Å². The molecule has 0 aromatic carbocycles. The lowest BCUT2D eigenvalue weighted by molar-refractivity contribution is 0.0717. The van der Waals surface area contributed by atoms with E-state index in [2.05, 4.69) is 12.1 Å². The van der Waals surface area contributed by atoms with E-state index in [1.165, 1.54) is 6.42 Å². The molecule has 0 atom stereocenters. The van der Waals surface area contributed by atoms with E-state index >= 15 is 0 Å². The van der Waals surface area contributed by atoms with Crippen LogP contribution in [0.1, 0.15) is 66.6 Å². The number of aryl methyl sites for hydroxylation is 1. The van der Waals surface area contributed by atoms with E-state index in [1.807, 2.05) is 17.0 Å². The molecule has 0 unspecified atom stereocenters. The Labute approximate surface area is 136 Å². The Morgan fingerprint density at radius 2 is 2.17 bits per heavy atom. The minimum Gasteiger partial charge on any atom is -0.467 e. The highest BCUT2D eigenvalue weighted by Crippen LogP contribution is 2.25. The lowest BCUT2D eigenvalue weighted by Gasteiger charge is -2.20. The van der Waals surface area contributed by atoms with Gasteiger partial charge in [-0.3, -0.25) is 4.79 Å². The third-order valence-electron chi connectivity index (χ3n) is 4.40. The maximum atomic E-state index is 13.0. The first-order chi connectivity index (χ1) is 11.3. The van der Waals surface area contributed by atoms with Crippen molar-refractivity contribution in [1.29, 1.82) is 0 Å². The first kappa shape index (κ1) is 15.8. The van der Waals surface area contributed by atoms with Crippen LogP contribution in [0.3, 0.4) is 0 Å². The Morgan fingerprint density at radius 3 is 2.96 bits per heavy atom. The van der Waals surface area contributed by atoms with Crippen LogP contribution in [-0.4, -0.2) is 22.5 Å². The molecule has 0 bridgehead atoms. The molecule has 0 saturated heterocycles. The largest absolute Gasteiger partial charge is 0.467 e. The van der Waals surface area contributed by atoms with Gasteiger partial charge in [0.2, 0.25) is 0 Å². The normalized spacial score (nSPS) is 14.3. The minimum absolute atomic E-state index is 0.0400. The summed E-state index contributed by atoms with van der Waals surface area (Å²) >= 11 is 0. The van der Waals surface area contributed by atoms with Crippen LogP contribution >= 0.6 is 0 Å². The summed E-state index contributed by atoms with van der Waals surface area (Å²) in [6.07, 6.45) is 8.82. The number of nitrogens with zero attached hydrogens (tertiary/aromatic N) is 2. The van der Waals surface area contributed by atoms with Gasteiger partial charge in [0.05, 0.1) is 12.8 Å². The fourth-order valence-corrected chi connectivity index (χ4v) is 3.07. The second-order valence-electron chi connectivity index (χ2n) is 6.15. The maximum absolute atomic E-state index is 13.0. The Morgan fingerprint density at radius 1 is 1.30 bits per heavy atom. The van der Waals surface area contributed by atoms with Gasteiger partial charge in [-0.2, -0.15) is 0 Å². The van der Waals surface area contributed by atoms with Gasteiger partial charge in [0.25, 0.3) is 5.91 Å². The summed E-state index contributed by atoms with van der Waals surface area (Å²) in [5.41, 5.74) is 1.53. The van der Waals surface area contributed by atoms with Crippen molar-refractivity contribution in [1.82, 2.24) is 10.1 Å². The highest BCUT2D eigenvalue weighted by Gasteiger charge is 2.27. The van der Waals surface area contributed by atoms with Gasteiger partial charge in [0.15, 0.2) is 5.69 Å². The molecule has 0 N–H and O–H groups in total. The first-order valence-electron chi connectivity index (χ1n) is 8.58. The number of aromatic nitrogens is 1. The van der Waals surface area contributed by atoms with Crippen LogP contribution in [0.4, 0.5) is 0 Å². The predicted octanol–water partition coefficient (Wildman–Crippen LogP) is 3.98. The Kier molecular flexibility index (Phi) is 5.16. The highest BCUT2D eigenvalue weighted by atomic mass is 16.5. The molecule has 2 aromatic heterocycles. The minimum atomic E-state index is -0.0400. The monoisotopic (exact) mass is 316 g/mol. The SMILES string of the molecule is CCCCN(Cc1ccco1)C(=O)c1noc2c1CCCCC2. The summed E-state index contributed by atoms with van der Waals surface area (Å²) in [6, 6.07) is 3.75. The summed E-state index contributed by atoms with van der Waals surface area (Å²) in [5.74, 6) is 1.66. The van der Waals surface area contributed by atoms with Gasteiger partial charge in [-0.05, 0) is 37.8 Å². The second-order valence-corrected chi connectivity index (χ2v) is 6.15. The van der Waals surface area contributed by atoms with Crippen LogP contribution < -0.4 is 0 Å². The molecule has 0 saturated carbocycles. The molecule has 0 spiro atoms. The van der Waals surface area contributed by atoms with Gasteiger partial charge in [0, 0.05) is 18.5 Å². The smallest absolute Gasteiger partial charge is 0.276 e. The molecule has 3 rings (SSSR count). The fourth-order valence-electron chi connectivity index (χ4n) is 3.07. The summed E-state index contributed by atoms with van der Waals surface area (Å²) in [7, 11) is 0. The second kappa shape index (κ2) is 7.49. The third kappa shape index (κ3) is 3.66. The summed E-state index contributed by atoms with van der Waals surface area (Å²) in [5, 5.41) is 4.10. The van der Waals surface area contributed by atoms with E-state index in [0.717, 1.165) is 55.6 Å². The van der Waals surface area contributed by atoms with Crippen molar-refractivity contribution in [2.24, 2.45) is 0 Å². The Balaban J connectivity index is 1.81. The number of rotatable bonds is 6. The van der Waals surface area contributed by atoms with Crippen LogP contribution in [0.25, 0.3) is 0 Å². The third-order valence-corrected chi connectivity index (χ3v) is 4.40. The zero-order chi connectivity index (χ0) is 16.1. The van der Waals surface area contributed by atoms with Crippen molar-refractivity contribution in [2.75, 3.05) is 6.54 Å². The molecule has 2 heterocycles. The molecule has 0 aliphatic heterocycles. The number of unbranched alkanes of at least 4 members (excludes halogenated alkanes) is 1. The number of fused-ring (bicyclic) bond motifs is 1. The lowest BCUT2D eigenvalue weighted by atomic mass is 10.1. The number of hydrogen-bond acceptors (Lipinski definition) is 4. The first-order valence-corrected chi connectivity index (χ1v) is 8.58. The molecule has 23 heavy (non-hydrogen) atoms. The number of hydrogen-bond donors (Lipinski definition) is 0. The predicted molar refractivity (Wildman–Crippen MR) is 86.1 cm³/mol. The molecule has 1 aliphatic carbocycles. The average Bonchev–Trinajstić information content (AvgIpc) is 3.16. The van der Waals surface area contributed by atoms with E-state index in [0.29, 0.717) is 18.8 Å². The van der Waals surface area contributed by atoms with E-state index in [4.69, 9.17) is 8.94 Å². The number of amides is 1. The molecule has 124 valence electrons. The molecule has 5 heteroatoms. The van der Waals surface area contributed by atoms with Crippen molar-refractivity contribution in [3.63, 3.8) is 0 Å². The zero-order valence-corrected chi connectivity index (χ0v) is 13.7. The van der Waals surface area contributed by atoms with Crippen molar-refractivity contribution in [3.05, 3.63) is 41.2 Å². The van der Waals surface area contributed by atoms with Crippen molar-refractivity contribution < 1.29 is 13.7 Å².